The number of aryl methyl sites for hydroxylation is 1. The molecule has 0 unspecified atom stereocenters. The van der Waals surface area contributed by atoms with Gasteiger partial charge in [0.15, 0.2) is 0 Å². The highest BCUT2D eigenvalue weighted by atomic mass is 16.4. The van der Waals surface area contributed by atoms with Gasteiger partial charge in [0, 0.05) is 17.7 Å². The van der Waals surface area contributed by atoms with Gasteiger partial charge in [0.05, 0.1) is 0 Å². The number of fused-ring (bicyclic) bond motifs is 2. The average Bonchev–Trinajstić information content (AvgIpc) is 2.82. The molecule has 0 aliphatic heterocycles. The number of hydrogen-bond acceptors (Lipinski definition) is 4. The first-order valence-electron chi connectivity index (χ1n) is 7.12. The molecule has 1 aliphatic carbocycles. The fraction of sp³-hybridized carbons (Fsp3) is 0.312. The molecule has 0 radical (unpaired) electrons. The summed E-state index contributed by atoms with van der Waals surface area (Å²) in [6.45, 7) is 4.73. The van der Waals surface area contributed by atoms with Crippen molar-refractivity contribution in [2.45, 2.75) is 33.2 Å². The summed E-state index contributed by atoms with van der Waals surface area (Å²) in [5.74, 6) is 0.723. The third-order valence-corrected chi connectivity index (χ3v) is 3.86. The zero-order valence-electron chi connectivity index (χ0n) is 12.1. The maximum absolute atomic E-state index is 12.8. The summed E-state index contributed by atoms with van der Waals surface area (Å²) < 4.78 is 1.93. The number of hydrogen-bond donors (Lipinski definition) is 1. The fourth-order valence-corrected chi connectivity index (χ4v) is 2.79. The van der Waals surface area contributed by atoms with Crippen molar-refractivity contribution in [1.29, 1.82) is 0 Å². The molecule has 1 N–H and O–H groups in total. The molecular formula is C16H17N3O2. The summed E-state index contributed by atoms with van der Waals surface area (Å²) in [5.41, 5.74) is 2.59. The summed E-state index contributed by atoms with van der Waals surface area (Å²) in [5, 5.41) is 12.8. The first kappa shape index (κ1) is 13.5. The fourth-order valence-electron chi connectivity index (χ4n) is 2.79. The van der Waals surface area contributed by atoms with E-state index < -0.39 is 0 Å². The third-order valence-electron chi connectivity index (χ3n) is 3.86. The van der Waals surface area contributed by atoms with Crippen LogP contribution in [0.15, 0.2) is 29.4 Å². The van der Waals surface area contributed by atoms with Crippen LogP contribution in [0.2, 0.25) is 0 Å². The van der Waals surface area contributed by atoms with Gasteiger partial charge in [-0.2, -0.15) is 0 Å². The molecule has 1 aliphatic rings. The van der Waals surface area contributed by atoms with E-state index in [9.17, 15) is 10.0 Å². The maximum atomic E-state index is 12.8. The summed E-state index contributed by atoms with van der Waals surface area (Å²) in [4.78, 5) is 17.2. The third kappa shape index (κ3) is 1.96. The zero-order valence-corrected chi connectivity index (χ0v) is 12.1. The first-order valence-corrected chi connectivity index (χ1v) is 7.12. The van der Waals surface area contributed by atoms with Crippen LogP contribution in [0, 0.1) is 6.92 Å². The lowest BCUT2D eigenvalue weighted by molar-refractivity contribution is 0.102. The molecule has 0 amide bonds. The minimum Gasteiger partial charge on any atom is -0.410 e. The van der Waals surface area contributed by atoms with Gasteiger partial charge in [-0.05, 0) is 13.3 Å². The molecule has 0 bridgehead atoms. The van der Waals surface area contributed by atoms with E-state index in [4.69, 9.17) is 0 Å². The molecule has 1 aromatic heterocycles. The van der Waals surface area contributed by atoms with Gasteiger partial charge in [-0.1, -0.05) is 42.8 Å². The van der Waals surface area contributed by atoms with Crippen LogP contribution in [0.1, 0.15) is 52.9 Å². The number of unbranched alkanes of at least 4 members (excludes halogenated alkanes) is 1. The van der Waals surface area contributed by atoms with Crippen LogP contribution < -0.4 is 0 Å². The molecule has 2 aromatic rings. The van der Waals surface area contributed by atoms with Crippen molar-refractivity contribution in [2.75, 3.05) is 0 Å². The first-order chi connectivity index (χ1) is 10.2. The predicted molar refractivity (Wildman–Crippen MR) is 79.2 cm³/mol. The Labute approximate surface area is 122 Å². The number of carbonyl (C=O) groups excluding carboxylic acids is 1. The lowest BCUT2D eigenvalue weighted by Crippen LogP contribution is -2.24. The van der Waals surface area contributed by atoms with Crippen molar-refractivity contribution >= 4 is 11.5 Å². The van der Waals surface area contributed by atoms with Crippen molar-refractivity contribution in [3.05, 3.63) is 52.6 Å². The van der Waals surface area contributed by atoms with Crippen LogP contribution in [0.3, 0.4) is 0 Å². The maximum Gasteiger partial charge on any atom is 0.212 e. The van der Waals surface area contributed by atoms with E-state index in [2.05, 4.69) is 17.1 Å². The molecular weight excluding hydrogens is 266 g/mol. The second kappa shape index (κ2) is 5.16. The molecule has 0 spiro atoms. The molecule has 1 heterocycles. The van der Waals surface area contributed by atoms with E-state index in [-0.39, 0.29) is 5.78 Å². The number of oxime groups is 1. The average molecular weight is 283 g/mol. The zero-order chi connectivity index (χ0) is 15.0. The Morgan fingerprint density at radius 1 is 1.29 bits per heavy atom. The lowest BCUT2D eigenvalue weighted by atomic mass is 9.89. The summed E-state index contributed by atoms with van der Waals surface area (Å²) >= 11 is 0. The molecule has 1 aromatic carbocycles. The Morgan fingerprint density at radius 3 is 2.67 bits per heavy atom. The lowest BCUT2D eigenvalue weighted by Gasteiger charge is -2.17. The van der Waals surface area contributed by atoms with Crippen LogP contribution in [0.25, 0.3) is 0 Å². The second-order valence-corrected chi connectivity index (χ2v) is 5.18. The van der Waals surface area contributed by atoms with Gasteiger partial charge in [-0.25, -0.2) is 4.98 Å². The smallest absolute Gasteiger partial charge is 0.212 e. The molecule has 21 heavy (non-hydrogen) atoms. The van der Waals surface area contributed by atoms with Gasteiger partial charge in [0.25, 0.3) is 0 Å². The molecule has 0 saturated carbocycles. The quantitative estimate of drug-likeness (QED) is 0.593. The Bertz CT molecular complexity index is 744. The Kier molecular flexibility index (Phi) is 3.33. The number of carbonyl (C=O) groups is 1. The van der Waals surface area contributed by atoms with Crippen LogP contribution in [0.4, 0.5) is 0 Å². The highest BCUT2D eigenvalue weighted by Crippen LogP contribution is 2.28. The molecule has 5 nitrogen and oxygen atoms in total. The highest BCUT2D eigenvalue weighted by Gasteiger charge is 2.33. The number of nitrogens with zero attached hydrogens (tertiary/aromatic N) is 3. The van der Waals surface area contributed by atoms with Crippen molar-refractivity contribution in [1.82, 2.24) is 9.55 Å². The van der Waals surface area contributed by atoms with E-state index in [1.165, 1.54) is 0 Å². The topological polar surface area (TPSA) is 67.5 Å². The summed E-state index contributed by atoms with van der Waals surface area (Å²) in [6, 6.07) is 7.18. The molecule has 108 valence electrons. The molecule has 3 rings (SSSR count). The Morgan fingerprint density at radius 2 is 2.00 bits per heavy atom. The van der Waals surface area contributed by atoms with E-state index >= 15 is 0 Å². The standard InChI is InChI=1S/C16H17N3O2/c1-3-4-9-19-10(2)17-14-13(18-21)11-7-5-6-8-12(11)16(20)15(14)19/h5-8,21H,3-4,9H2,1-2H3/b18-13+. The number of rotatable bonds is 3. The van der Waals surface area contributed by atoms with Gasteiger partial charge in [0.1, 0.15) is 22.9 Å². The molecule has 5 heteroatoms. The monoisotopic (exact) mass is 283 g/mol. The number of imidazole rings is 1. The van der Waals surface area contributed by atoms with Crippen molar-refractivity contribution in [2.24, 2.45) is 5.16 Å². The largest absolute Gasteiger partial charge is 0.410 e. The van der Waals surface area contributed by atoms with Crippen LogP contribution >= 0.6 is 0 Å². The Balaban J connectivity index is 2.23. The minimum absolute atomic E-state index is 0.0512. The van der Waals surface area contributed by atoms with Gasteiger partial charge in [-0.3, -0.25) is 4.79 Å². The second-order valence-electron chi connectivity index (χ2n) is 5.18. The van der Waals surface area contributed by atoms with Gasteiger partial charge in [0.2, 0.25) is 5.78 Å². The molecule has 0 atom stereocenters. The molecule has 0 fully saturated rings. The Hall–Kier alpha value is -2.43. The van der Waals surface area contributed by atoms with Crippen LogP contribution in [0.5, 0.6) is 0 Å². The van der Waals surface area contributed by atoms with Gasteiger partial charge in [-0.15, -0.1) is 0 Å². The summed E-state index contributed by atoms with van der Waals surface area (Å²) in [6.07, 6.45) is 2.02. The van der Waals surface area contributed by atoms with Crippen LogP contribution in [-0.4, -0.2) is 26.3 Å². The van der Waals surface area contributed by atoms with Crippen LogP contribution in [-0.2, 0) is 6.54 Å². The number of benzene rings is 1. The summed E-state index contributed by atoms with van der Waals surface area (Å²) in [7, 11) is 0. The molecule has 0 saturated heterocycles. The van der Waals surface area contributed by atoms with Crippen molar-refractivity contribution in [3.8, 4) is 0 Å². The van der Waals surface area contributed by atoms with Gasteiger partial charge >= 0.3 is 0 Å². The minimum atomic E-state index is -0.0512. The SMILES string of the molecule is CCCCn1c(C)nc2c1C(=O)c1ccccc1/C2=N\O. The van der Waals surface area contributed by atoms with E-state index in [0.717, 1.165) is 25.2 Å². The number of aromatic nitrogens is 2. The number of ketones is 1. The van der Waals surface area contributed by atoms with Crippen molar-refractivity contribution in [3.63, 3.8) is 0 Å². The predicted octanol–water partition coefficient (Wildman–Crippen LogP) is 2.76. The normalized spacial score (nSPS) is 15.1. The van der Waals surface area contributed by atoms with E-state index in [0.29, 0.717) is 28.2 Å². The van der Waals surface area contributed by atoms with E-state index in [1.807, 2.05) is 23.6 Å². The van der Waals surface area contributed by atoms with E-state index in [1.54, 1.807) is 12.1 Å². The highest BCUT2D eigenvalue weighted by molar-refractivity contribution is 6.28. The van der Waals surface area contributed by atoms with Crippen molar-refractivity contribution < 1.29 is 10.0 Å². The van der Waals surface area contributed by atoms with Gasteiger partial charge < -0.3 is 9.77 Å².